The van der Waals surface area contributed by atoms with Crippen LogP contribution in [0.25, 0.3) is 17.8 Å². The lowest BCUT2D eigenvalue weighted by Crippen LogP contribution is -2.50. The number of aliphatic hydroxyl groups excluding tert-OH is 1. The highest BCUT2D eigenvalue weighted by atomic mass is 35.5. The summed E-state index contributed by atoms with van der Waals surface area (Å²) in [6.07, 6.45) is 7.80. The molecule has 1 saturated carbocycles. The van der Waals surface area contributed by atoms with E-state index in [0.29, 0.717) is 22.0 Å². The molecular formula is C19H19ClN2O2. The van der Waals surface area contributed by atoms with Crippen molar-refractivity contribution < 1.29 is 5.11 Å². The van der Waals surface area contributed by atoms with Gasteiger partial charge in [0, 0.05) is 10.9 Å². The smallest absolute Gasteiger partial charge is 0.265 e. The van der Waals surface area contributed by atoms with Gasteiger partial charge in [0.25, 0.3) is 5.56 Å². The second-order valence-electron chi connectivity index (χ2n) is 6.54. The lowest BCUT2D eigenvalue weighted by atomic mass is 10.1. The van der Waals surface area contributed by atoms with Gasteiger partial charge in [-0.2, -0.15) is 0 Å². The number of fused-ring (bicyclic) bond motifs is 1. The highest BCUT2D eigenvalue weighted by Crippen LogP contribution is 2.33. The van der Waals surface area contributed by atoms with Gasteiger partial charge in [-0.15, -0.1) is 0 Å². The van der Waals surface area contributed by atoms with Crippen LogP contribution in [0.1, 0.15) is 43.8 Å². The summed E-state index contributed by atoms with van der Waals surface area (Å²) in [7, 11) is 0. The summed E-state index contributed by atoms with van der Waals surface area (Å²) in [5, 5.41) is 11.7. The van der Waals surface area contributed by atoms with Gasteiger partial charge in [0.2, 0.25) is 0 Å². The van der Waals surface area contributed by atoms with Crippen molar-refractivity contribution in [3.8, 4) is 5.69 Å². The molecule has 0 spiro atoms. The van der Waals surface area contributed by atoms with Crippen molar-refractivity contribution in [3.05, 3.63) is 56.0 Å². The number of nitrogens with zero attached hydrogens (tertiary/aromatic N) is 2. The Morgan fingerprint density at radius 3 is 2.58 bits per heavy atom. The molecule has 4 nitrogen and oxygen atoms in total. The van der Waals surface area contributed by atoms with Crippen molar-refractivity contribution in [2.45, 2.75) is 44.1 Å². The van der Waals surface area contributed by atoms with E-state index in [1.165, 1.54) is 0 Å². The van der Waals surface area contributed by atoms with Crippen molar-refractivity contribution in [1.29, 1.82) is 0 Å². The maximum absolute atomic E-state index is 13.1. The summed E-state index contributed by atoms with van der Waals surface area (Å²) in [4.78, 5) is 17.9. The van der Waals surface area contributed by atoms with Crippen LogP contribution < -0.4 is 16.1 Å². The molecule has 1 fully saturated rings. The van der Waals surface area contributed by atoms with E-state index in [0.717, 1.165) is 37.2 Å². The van der Waals surface area contributed by atoms with E-state index in [2.05, 4.69) is 0 Å². The van der Waals surface area contributed by atoms with Crippen LogP contribution in [0.5, 0.6) is 0 Å². The average Bonchev–Trinajstić information content (AvgIpc) is 3.10. The Morgan fingerprint density at radius 1 is 1.17 bits per heavy atom. The predicted octanol–water partition coefficient (Wildman–Crippen LogP) is 1.87. The average molecular weight is 343 g/mol. The summed E-state index contributed by atoms with van der Waals surface area (Å²) in [5.74, 6) is 1.09. The topological polar surface area (TPSA) is 55.1 Å². The molecule has 2 aliphatic rings. The van der Waals surface area contributed by atoms with Crippen LogP contribution in [0.3, 0.4) is 0 Å². The third-order valence-electron chi connectivity index (χ3n) is 4.89. The quantitative estimate of drug-likeness (QED) is 0.906. The Morgan fingerprint density at radius 2 is 1.88 bits per heavy atom. The van der Waals surface area contributed by atoms with Crippen LogP contribution in [-0.4, -0.2) is 20.8 Å². The number of halogens is 1. The Bertz CT molecular complexity index is 941. The maximum Gasteiger partial charge on any atom is 0.265 e. The molecule has 1 heterocycles. The van der Waals surface area contributed by atoms with E-state index in [4.69, 9.17) is 16.6 Å². The molecule has 2 aliphatic carbocycles. The Kier molecular flexibility index (Phi) is 4.02. The van der Waals surface area contributed by atoms with Gasteiger partial charge in [-0.25, -0.2) is 4.98 Å². The first kappa shape index (κ1) is 15.6. The second-order valence-corrected chi connectivity index (χ2v) is 6.98. The first-order chi connectivity index (χ1) is 11.6. The van der Waals surface area contributed by atoms with E-state index in [1.54, 1.807) is 28.9 Å². The van der Waals surface area contributed by atoms with Gasteiger partial charge in [-0.3, -0.25) is 9.36 Å². The van der Waals surface area contributed by atoms with Gasteiger partial charge in [-0.1, -0.05) is 30.5 Å². The zero-order valence-corrected chi connectivity index (χ0v) is 14.0. The van der Waals surface area contributed by atoms with Gasteiger partial charge in [0.1, 0.15) is 5.82 Å². The van der Waals surface area contributed by atoms with E-state index >= 15 is 0 Å². The maximum atomic E-state index is 13.1. The fourth-order valence-electron chi connectivity index (χ4n) is 3.67. The normalized spacial score (nSPS) is 20.3. The van der Waals surface area contributed by atoms with Crippen LogP contribution in [-0.2, 0) is 0 Å². The molecule has 1 unspecified atom stereocenters. The molecule has 4 rings (SSSR count). The Hall–Kier alpha value is -1.91. The van der Waals surface area contributed by atoms with Gasteiger partial charge < -0.3 is 5.11 Å². The zero-order chi connectivity index (χ0) is 16.7. The van der Waals surface area contributed by atoms with Gasteiger partial charge in [0.05, 0.1) is 22.4 Å². The van der Waals surface area contributed by atoms with Crippen LogP contribution >= 0.6 is 11.6 Å². The number of rotatable bonds is 2. The third kappa shape index (κ3) is 2.70. The molecule has 0 radical (unpaired) electrons. The SMILES string of the molecule is O=c1c2c(nc(C3CCCC3)n1-c1ccc(Cl)cc1)=CC(O)CC=2. The molecule has 0 amide bonds. The molecule has 5 heteroatoms. The van der Waals surface area contributed by atoms with Crippen LogP contribution in [0.4, 0.5) is 0 Å². The molecule has 24 heavy (non-hydrogen) atoms. The molecule has 124 valence electrons. The Balaban J connectivity index is 2.02. The number of hydrogen-bond acceptors (Lipinski definition) is 3. The summed E-state index contributed by atoms with van der Waals surface area (Å²) in [6, 6.07) is 7.30. The molecule has 1 N–H and O–H groups in total. The summed E-state index contributed by atoms with van der Waals surface area (Å²) >= 11 is 6.00. The first-order valence-corrected chi connectivity index (χ1v) is 8.80. The van der Waals surface area contributed by atoms with Gasteiger partial charge in [0.15, 0.2) is 0 Å². The fraction of sp³-hybridized carbons (Fsp3) is 0.368. The summed E-state index contributed by atoms with van der Waals surface area (Å²) in [6.45, 7) is 0. The highest BCUT2D eigenvalue weighted by Gasteiger charge is 2.24. The zero-order valence-electron chi connectivity index (χ0n) is 13.3. The molecule has 1 aromatic carbocycles. The van der Waals surface area contributed by atoms with E-state index in [9.17, 15) is 9.90 Å². The number of benzene rings is 1. The number of aromatic nitrogens is 2. The van der Waals surface area contributed by atoms with Gasteiger partial charge >= 0.3 is 0 Å². The molecule has 1 atom stereocenters. The van der Waals surface area contributed by atoms with Gasteiger partial charge in [-0.05, 0) is 49.6 Å². The number of hydrogen-bond donors (Lipinski definition) is 1. The minimum atomic E-state index is -0.563. The molecule has 0 saturated heterocycles. The lowest BCUT2D eigenvalue weighted by molar-refractivity contribution is 0.244. The first-order valence-electron chi connectivity index (χ1n) is 8.42. The third-order valence-corrected chi connectivity index (χ3v) is 5.14. The standard InChI is InChI=1S/C19H19ClN2O2/c20-13-5-7-14(8-6-13)22-18(12-3-1-2-4-12)21-17-11-15(23)9-10-16(17)19(22)24/h5-8,10-12,15,23H,1-4,9H2. The monoisotopic (exact) mass is 342 g/mol. The summed E-state index contributed by atoms with van der Waals surface area (Å²) in [5.41, 5.74) is 0.730. The van der Waals surface area contributed by atoms with E-state index in [1.807, 2.05) is 12.1 Å². The fourth-order valence-corrected chi connectivity index (χ4v) is 3.80. The van der Waals surface area contributed by atoms with Crippen molar-refractivity contribution in [1.82, 2.24) is 9.55 Å². The van der Waals surface area contributed by atoms with Crippen LogP contribution in [0.15, 0.2) is 29.1 Å². The minimum absolute atomic E-state index is 0.0626. The van der Waals surface area contributed by atoms with E-state index < -0.39 is 6.10 Å². The van der Waals surface area contributed by atoms with E-state index in [-0.39, 0.29) is 11.5 Å². The molecule has 0 aliphatic heterocycles. The molecular weight excluding hydrogens is 324 g/mol. The Labute approximate surface area is 144 Å². The molecule has 1 aromatic heterocycles. The van der Waals surface area contributed by atoms with Crippen molar-refractivity contribution in [3.63, 3.8) is 0 Å². The second kappa shape index (κ2) is 6.19. The molecule has 2 aromatic rings. The van der Waals surface area contributed by atoms with Crippen molar-refractivity contribution in [2.24, 2.45) is 0 Å². The molecule has 0 bridgehead atoms. The number of aliphatic hydroxyl groups is 1. The predicted molar refractivity (Wildman–Crippen MR) is 94.9 cm³/mol. The largest absolute Gasteiger partial charge is 0.389 e. The minimum Gasteiger partial charge on any atom is -0.389 e. The van der Waals surface area contributed by atoms with Crippen molar-refractivity contribution in [2.75, 3.05) is 0 Å². The lowest BCUT2D eigenvalue weighted by Gasteiger charge is -2.18. The van der Waals surface area contributed by atoms with Crippen LogP contribution in [0.2, 0.25) is 5.02 Å². The van der Waals surface area contributed by atoms with Crippen LogP contribution in [0, 0.1) is 0 Å². The highest BCUT2D eigenvalue weighted by molar-refractivity contribution is 6.30. The van der Waals surface area contributed by atoms with Crippen molar-refractivity contribution >= 4 is 23.8 Å². The summed E-state index contributed by atoms with van der Waals surface area (Å²) < 4.78 is 1.73.